The summed E-state index contributed by atoms with van der Waals surface area (Å²) >= 11 is 0. The Morgan fingerprint density at radius 2 is 2.05 bits per heavy atom. The number of nitrogens with zero attached hydrogens (tertiary/aromatic N) is 1. The van der Waals surface area contributed by atoms with Crippen LogP contribution in [-0.2, 0) is 20.7 Å². The van der Waals surface area contributed by atoms with Crippen molar-refractivity contribution < 1.29 is 14.3 Å². The van der Waals surface area contributed by atoms with Gasteiger partial charge >= 0.3 is 5.97 Å². The smallest absolute Gasteiger partial charge is 0.305 e. The van der Waals surface area contributed by atoms with Crippen molar-refractivity contribution >= 4 is 28.5 Å². The average Bonchev–Trinajstić information content (AvgIpc) is 2.44. The molecule has 21 heavy (non-hydrogen) atoms. The summed E-state index contributed by atoms with van der Waals surface area (Å²) < 4.78 is 4.64. The van der Waals surface area contributed by atoms with Crippen LogP contribution in [0.15, 0.2) is 24.3 Å². The number of ether oxygens (including phenoxy) is 1. The van der Waals surface area contributed by atoms with E-state index in [1.165, 1.54) is 14.0 Å². The number of hydrogen-bond donors (Lipinski definition) is 1. The first-order chi connectivity index (χ1) is 9.99. The van der Waals surface area contributed by atoms with E-state index < -0.39 is 0 Å². The fraction of sp³-hybridized carbons (Fsp3) is 0.312. The summed E-state index contributed by atoms with van der Waals surface area (Å²) in [6.07, 6.45) is 0.870. The minimum atomic E-state index is -0.240. The van der Waals surface area contributed by atoms with Crippen molar-refractivity contribution in [2.75, 3.05) is 12.4 Å². The van der Waals surface area contributed by atoms with Gasteiger partial charge in [-0.2, -0.15) is 0 Å². The van der Waals surface area contributed by atoms with Crippen LogP contribution in [0.5, 0.6) is 0 Å². The third kappa shape index (κ3) is 3.78. The average molecular weight is 286 g/mol. The second-order valence-corrected chi connectivity index (χ2v) is 4.92. The molecule has 0 spiro atoms. The molecular formula is C16H18N2O3. The number of esters is 1. The van der Waals surface area contributed by atoms with Gasteiger partial charge in [0.15, 0.2) is 0 Å². The summed E-state index contributed by atoms with van der Waals surface area (Å²) in [5.74, 6) is -0.342. The highest BCUT2D eigenvalue weighted by Gasteiger charge is 2.07. The van der Waals surface area contributed by atoms with Gasteiger partial charge in [-0.15, -0.1) is 0 Å². The number of nitrogens with one attached hydrogen (secondary N) is 1. The Morgan fingerprint density at radius 1 is 1.29 bits per heavy atom. The fourth-order valence-electron chi connectivity index (χ4n) is 2.21. The first-order valence-electron chi connectivity index (χ1n) is 6.74. The van der Waals surface area contributed by atoms with Crippen LogP contribution >= 0.6 is 0 Å². The summed E-state index contributed by atoms with van der Waals surface area (Å²) in [6, 6.07) is 7.56. The van der Waals surface area contributed by atoms with Crippen molar-refractivity contribution in [3.63, 3.8) is 0 Å². The fourth-order valence-corrected chi connectivity index (χ4v) is 2.21. The summed E-state index contributed by atoms with van der Waals surface area (Å²) in [4.78, 5) is 26.8. The van der Waals surface area contributed by atoms with E-state index in [0.717, 1.165) is 27.8 Å². The molecule has 2 aromatic rings. The lowest BCUT2D eigenvalue weighted by Crippen LogP contribution is -2.06. The number of aromatic nitrogens is 1. The van der Waals surface area contributed by atoms with Crippen molar-refractivity contribution in [2.24, 2.45) is 0 Å². The molecule has 0 aliphatic heterocycles. The van der Waals surface area contributed by atoms with Crippen LogP contribution in [0.1, 0.15) is 24.6 Å². The Morgan fingerprint density at radius 3 is 2.71 bits per heavy atom. The van der Waals surface area contributed by atoms with Gasteiger partial charge in [0, 0.05) is 30.1 Å². The number of hydrogen-bond acceptors (Lipinski definition) is 4. The van der Waals surface area contributed by atoms with Gasteiger partial charge in [-0.05, 0) is 36.8 Å². The van der Waals surface area contributed by atoms with Gasteiger partial charge in [0.1, 0.15) is 0 Å². The molecule has 0 fully saturated rings. The predicted molar refractivity (Wildman–Crippen MR) is 81.1 cm³/mol. The van der Waals surface area contributed by atoms with Crippen LogP contribution in [-0.4, -0.2) is 24.0 Å². The first-order valence-corrected chi connectivity index (χ1v) is 6.74. The highest BCUT2D eigenvalue weighted by Crippen LogP contribution is 2.22. The van der Waals surface area contributed by atoms with Gasteiger partial charge in [-0.3, -0.25) is 14.6 Å². The highest BCUT2D eigenvalue weighted by molar-refractivity contribution is 5.93. The maximum atomic E-state index is 11.2. The molecule has 5 heteroatoms. The zero-order valence-electron chi connectivity index (χ0n) is 12.4. The van der Waals surface area contributed by atoms with Crippen LogP contribution in [0, 0.1) is 6.92 Å². The van der Waals surface area contributed by atoms with Crippen molar-refractivity contribution in [2.45, 2.75) is 26.7 Å². The molecule has 5 nitrogen and oxygen atoms in total. The SMILES string of the molecule is COC(=O)CCc1cc(C)c2cc(NC(C)=O)ccc2n1. The van der Waals surface area contributed by atoms with Gasteiger partial charge in [-0.25, -0.2) is 0 Å². The second kappa shape index (κ2) is 6.35. The number of pyridine rings is 1. The summed E-state index contributed by atoms with van der Waals surface area (Å²) in [6.45, 7) is 3.47. The maximum absolute atomic E-state index is 11.2. The van der Waals surface area contributed by atoms with E-state index >= 15 is 0 Å². The minimum absolute atomic E-state index is 0.102. The third-order valence-electron chi connectivity index (χ3n) is 3.20. The van der Waals surface area contributed by atoms with Crippen LogP contribution in [0.25, 0.3) is 10.9 Å². The van der Waals surface area contributed by atoms with Crippen molar-refractivity contribution in [3.8, 4) is 0 Å². The number of amides is 1. The number of fused-ring (bicyclic) bond motifs is 1. The zero-order valence-corrected chi connectivity index (χ0v) is 12.4. The summed E-state index contributed by atoms with van der Waals surface area (Å²) in [7, 11) is 1.38. The van der Waals surface area contributed by atoms with E-state index in [0.29, 0.717) is 12.8 Å². The summed E-state index contributed by atoms with van der Waals surface area (Å²) in [5.41, 5.74) is 3.52. The molecule has 0 unspecified atom stereocenters. The van der Waals surface area contributed by atoms with E-state index in [1.54, 1.807) is 0 Å². The topological polar surface area (TPSA) is 68.3 Å². The largest absolute Gasteiger partial charge is 0.469 e. The molecule has 1 aromatic heterocycles. The Bertz CT molecular complexity index is 695. The lowest BCUT2D eigenvalue weighted by molar-refractivity contribution is -0.140. The Hall–Kier alpha value is -2.43. The van der Waals surface area contributed by atoms with Crippen LogP contribution in [0.2, 0.25) is 0 Å². The molecule has 0 aliphatic carbocycles. The zero-order chi connectivity index (χ0) is 15.4. The maximum Gasteiger partial charge on any atom is 0.305 e. The Kier molecular flexibility index (Phi) is 4.52. The Labute approximate surface area is 123 Å². The van der Waals surface area contributed by atoms with E-state index in [4.69, 9.17) is 0 Å². The number of anilines is 1. The molecule has 0 atom stereocenters. The molecule has 0 aliphatic rings. The molecule has 1 N–H and O–H groups in total. The quantitative estimate of drug-likeness (QED) is 0.877. The van der Waals surface area contributed by atoms with Gasteiger partial charge < -0.3 is 10.1 Å². The molecule has 0 radical (unpaired) electrons. The van der Waals surface area contributed by atoms with Gasteiger partial charge in [0.2, 0.25) is 5.91 Å². The van der Waals surface area contributed by atoms with Crippen LogP contribution in [0.3, 0.4) is 0 Å². The lowest BCUT2D eigenvalue weighted by atomic mass is 10.1. The minimum Gasteiger partial charge on any atom is -0.469 e. The standard InChI is InChI=1S/C16H18N2O3/c1-10-8-12(5-7-16(20)21-3)18-15-6-4-13(9-14(10)15)17-11(2)19/h4,6,8-9H,5,7H2,1-3H3,(H,17,19). The molecule has 1 heterocycles. The number of carbonyl (C=O) groups excluding carboxylic acids is 2. The van der Waals surface area contributed by atoms with Crippen molar-refractivity contribution in [1.82, 2.24) is 4.98 Å². The number of carbonyl (C=O) groups is 2. The molecule has 1 aromatic carbocycles. The number of aryl methyl sites for hydroxylation is 2. The molecule has 0 bridgehead atoms. The molecule has 110 valence electrons. The molecule has 2 rings (SSSR count). The van der Waals surface area contributed by atoms with Gasteiger partial charge in [0.25, 0.3) is 0 Å². The Balaban J connectivity index is 2.29. The van der Waals surface area contributed by atoms with Gasteiger partial charge in [-0.1, -0.05) is 0 Å². The van der Waals surface area contributed by atoms with Crippen LogP contribution in [0.4, 0.5) is 5.69 Å². The summed E-state index contributed by atoms with van der Waals surface area (Å²) in [5, 5.41) is 3.75. The van der Waals surface area contributed by atoms with Crippen molar-refractivity contribution in [1.29, 1.82) is 0 Å². The molecule has 0 saturated carbocycles. The molecule has 0 saturated heterocycles. The van der Waals surface area contributed by atoms with E-state index in [2.05, 4.69) is 15.0 Å². The van der Waals surface area contributed by atoms with E-state index in [9.17, 15) is 9.59 Å². The molecular weight excluding hydrogens is 268 g/mol. The van der Waals surface area contributed by atoms with Gasteiger partial charge in [0.05, 0.1) is 19.0 Å². The number of benzene rings is 1. The van der Waals surface area contributed by atoms with Crippen LogP contribution < -0.4 is 5.32 Å². The molecule has 1 amide bonds. The lowest BCUT2D eigenvalue weighted by Gasteiger charge is -2.08. The highest BCUT2D eigenvalue weighted by atomic mass is 16.5. The van der Waals surface area contributed by atoms with Crippen molar-refractivity contribution in [3.05, 3.63) is 35.5 Å². The number of rotatable bonds is 4. The normalized spacial score (nSPS) is 10.4. The van der Waals surface area contributed by atoms with E-state index in [-0.39, 0.29) is 11.9 Å². The monoisotopic (exact) mass is 286 g/mol. The third-order valence-corrected chi connectivity index (χ3v) is 3.20. The van der Waals surface area contributed by atoms with E-state index in [1.807, 2.05) is 31.2 Å². The predicted octanol–water partition coefficient (Wildman–Crippen LogP) is 2.61. The number of methoxy groups -OCH3 is 1. The first kappa shape index (κ1) is 15.0. The second-order valence-electron chi connectivity index (χ2n) is 4.92.